The second-order valence-electron chi connectivity index (χ2n) is 9.05. The molecule has 0 bridgehead atoms. The van der Waals surface area contributed by atoms with E-state index < -0.39 is 5.60 Å². The fourth-order valence-electron chi connectivity index (χ4n) is 5.13. The number of anilines is 1. The minimum Gasteiger partial charge on any atom is -0.490 e. The number of rotatable bonds is 5. The zero-order valence-electron chi connectivity index (χ0n) is 16.9. The zero-order valence-corrected chi connectivity index (χ0v) is 16.9. The molecular formula is C23H34N2O3. The number of likely N-dealkylation sites (tertiary alicyclic amines) is 1. The lowest BCUT2D eigenvalue weighted by atomic mass is 9.82. The molecule has 154 valence electrons. The van der Waals surface area contributed by atoms with E-state index in [0.29, 0.717) is 38.0 Å². The van der Waals surface area contributed by atoms with Crippen molar-refractivity contribution in [2.24, 2.45) is 5.92 Å². The molecule has 1 aromatic carbocycles. The van der Waals surface area contributed by atoms with E-state index in [4.69, 9.17) is 4.74 Å². The number of ether oxygens (including phenoxy) is 1. The van der Waals surface area contributed by atoms with Crippen molar-refractivity contribution in [1.82, 2.24) is 4.90 Å². The Bertz CT molecular complexity index is 658. The Balaban J connectivity index is 1.27. The summed E-state index contributed by atoms with van der Waals surface area (Å²) in [6.07, 6.45) is 12.4. The minimum atomic E-state index is -0.583. The lowest BCUT2D eigenvalue weighted by molar-refractivity contribution is -0.0295. The monoisotopic (exact) mass is 386 g/mol. The summed E-state index contributed by atoms with van der Waals surface area (Å²) in [4.78, 5) is 14.5. The highest BCUT2D eigenvalue weighted by Crippen LogP contribution is 2.36. The van der Waals surface area contributed by atoms with Crippen LogP contribution in [-0.2, 0) is 0 Å². The molecule has 0 atom stereocenters. The summed E-state index contributed by atoms with van der Waals surface area (Å²) in [5, 5.41) is 13.9. The molecule has 2 aliphatic carbocycles. The minimum absolute atomic E-state index is 0.0825. The van der Waals surface area contributed by atoms with Crippen molar-refractivity contribution in [3.8, 4) is 5.75 Å². The Morgan fingerprint density at radius 3 is 2.50 bits per heavy atom. The Morgan fingerprint density at radius 1 is 1.11 bits per heavy atom. The number of benzene rings is 1. The first-order valence-corrected chi connectivity index (χ1v) is 11.1. The van der Waals surface area contributed by atoms with Crippen LogP contribution in [0.2, 0.25) is 0 Å². The molecule has 5 nitrogen and oxygen atoms in total. The summed E-state index contributed by atoms with van der Waals surface area (Å²) in [7, 11) is 0. The predicted octanol–water partition coefficient (Wildman–Crippen LogP) is 4.95. The van der Waals surface area contributed by atoms with Crippen molar-refractivity contribution >= 4 is 11.7 Å². The van der Waals surface area contributed by atoms with Gasteiger partial charge in [0.1, 0.15) is 5.75 Å². The number of amides is 2. The van der Waals surface area contributed by atoms with E-state index in [0.717, 1.165) is 30.7 Å². The number of urea groups is 1. The normalized spacial score (nSPS) is 23.1. The Kier molecular flexibility index (Phi) is 6.10. The van der Waals surface area contributed by atoms with Crippen molar-refractivity contribution < 1.29 is 14.6 Å². The van der Waals surface area contributed by atoms with E-state index >= 15 is 0 Å². The van der Waals surface area contributed by atoms with E-state index in [1.165, 1.54) is 38.5 Å². The van der Waals surface area contributed by atoms with Crippen LogP contribution >= 0.6 is 0 Å². The third kappa shape index (κ3) is 4.99. The number of nitrogens with zero attached hydrogens (tertiary/aromatic N) is 1. The average Bonchev–Trinajstić information content (AvgIpc) is 3.36. The number of piperidine rings is 1. The zero-order chi connectivity index (χ0) is 19.4. The maximum Gasteiger partial charge on any atom is 0.321 e. The number of nitrogens with one attached hydrogen (secondary N) is 1. The molecule has 3 fully saturated rings. The van der Waals surface area contributed by atoms with Gasteiger partial charge >= 0.3 is 6.03 Å². The van der Waals surface area contributed by atoms with Gasteiger partial charge in [0.2, 0.25) is 0 Å². The summed E-state index contributed by atoms with van der Waals surface area (Å²) in [6, 6.07) is 7.62. The van der Waals surface area contributed by atoms with Crippen LogP contribution in [0.4, 0.5) is 10.5 Å². The van der Waals surface area contributed by atoms with Gasteiger partial charge < -0.3 is 20.1 Å². The first kappa shape index (κ1) is 19.6. The summed E-state index contributed by atoms with van der Waals surface area (Å²) in [5.41, 5.74) is 0.188. The molecule has 28 heavy (non-hydrogen) atoms. The molecule has 2 saturated carbocycles. The first-order chi connectivity index (χ1) is 13.6. The molecule has 1 heterocycles. The van der Waals surface area contributed by atoms with E-state index in [2.05, 4.69) is 5.32 Å². The van der Waals surface area contributed by atoms with Gasteiger partial charge in [0.05, 0.1) is 11.7 Å². The topological polar surface area (TPSA) is 61.8 Å². The highest BCUT2D eigenvalue weighted by atomic mass is 16.5. The van der Waals surface area contributed by atoms with Gasteiger partial charge in [0.25, 0.3) is 0 Å². The molecule has 2 amide bonds. The van der Waals surface area contributed by atoms with Gasteiger partial charge in [-0.2, -0.15) is 0 Å². The number of carbonyl (C=O) groups is 1. The molecule has 0 spiro atoms. The van der Waals surface area contributed by atoms with Crippen LogP contribution in [0.3, 0.4) is 0 Å². The quantitative estimate of drug-likeness (QED) is 0.753. The lowest BCUT2D eigenvalue weighted by Gasteiger charge is -2.39. The Hall–Kier alpha value is -1.75. The van der Waals surface area contributed by atoms with Gasteiger partial charge in [-0.15, -0.1) is 0 Å². The fourth-order valence-corrected chi connectivity index (χ4v) is 5.13. The molecule has 2 N–H and O–H groups in total. The Morgan fingerprint density at radius 2 is 1.79 bits per heavy atom. The third-order valence-electron chi connectivity index (χ3n) is 6.82. The molecule has 1 aromatic rings. The first-order valence-electron chi connectivity index (χ1n) is 11.1. The highest BCUT2D eigenvalue weighted by Gasteiger charge is 2.36. The van der Waals surface area contributed by atoms with Crippen molar-refractivity contribution in [2.75, 3.05) is 18.4 Å². The lowest BCUT2D eigenvalue weighted by Crippen LogP contribution is -2.48. The molecule has 5 heteroatoms. The smallest absolute Gasteiger partial charge is 0.321 e. The predicted molar refractivity (Wildman–Crippen MR) is 111 cm³/mol. The van der Waals surface area contributed by atoms with Crippen LogP contribution < -0.4 is 10.1 Å². The van der Waals surface area contributed by atoms with Crippen LogP contribution in [0.15, 0.2) is 24.3 Å². The largest absolute Gasteiger partial charge is 0.490 e. The van der Waals surface area contributed by atoms with E-state index in [1.807, 2.05) is 29.2 Å². The summed E-state index contributed by atoms with van der Waals surface area (Å²) in [6.45, 7) is 1.24. The van der Waals surface area contributed by atoms with Gasteiger partial charge in [0.15, 0.2) is 0 Å². The highest BCUT2D eigenvalue weighted by molar-refractivity contribution is 5.89. The fraction of sp³-hybridized carbons (Fsp3) is 0.696. The van der Waals surface area contributed by atoms with Crippen molar-refractivity contribution in [3.63, 3.8) is 0 Å². The number of hydrogen-bond acceptors (Lipinski definition) is 3. The second kappa shape index (κ2) is 8.73. The maximum atomic E-state index is 12.7. The van der Waals surface area contributed by atoms with Gasteiger partial charge in [0, 0.05) is 24.8 Å². The molecular weight excluding hydrogens is 352 g/mol. The molecule has 4 rings (SSSR count). The molecule has 0 aromatic heterocycles. The van der Waals surface area contributed by atoms with Crippen LogP contribution in [0.5, 0.6) is 5.75 Å². The third-order valence-corrected chi connectivity index (χ3v) is 6.82. The van der Waals surface area contributed by atoms with Crippen LogP contribution in [0.1, 0.15) is 70.6 Å². The molecule has 1 aliphatic heterocycles. The van der Waals surface area contributed by atoms with Crippen LogP contribution in [-0.4, -0.2) is 40.8 Å². The number of hydrogen-bond donors (Lipinski definition) is 2. The SMILES string of the molecule is O=C(Nc1cccc(OC2CCCC2)c1)N1CCC(O)(CC2CCCC2)CC1. The average molecular weight is 387 g/mol. The van der Waals surface area contributed by atoms with Crippen molar-refractivity contribution in [1.29, 1.82) is 0 Å². The Labute approximate surface area is 168 Å². The van der Waals surface area contributed by atoms with E-state index in [-0.39, 0.29) is 6.03 Å². The summed E-state index contributed by atoms with van der Waals surface area (Å²) < 4.78 is 6.04. The van der Waals surface area contributed by atoms with Gasteiger partial charge in [-0.1, -0.05) is 31.7 Å². The van der Waals surface area contributed by atoms with Crippen molar-refractivity contribution in [3.05, 3.63) is 24.3 Å². The van der Waals surface area contributed by atoms with E-state index in [9.17, 15) is 9.90 Å². The molecule has 0 unspecified atom stereocenters. The van der Waals surface area contributed by atoms with Gasteiger partial charge in [-0.05, 0) is 63.0 Å². The number of aliphatic hydroxyl groups is 1. The van der Waals surface area contributed by atoms with Gasteiger partial charge in [-0.3, -0.25) is 0 Å². The summed E-state index contributed by atoms with van der Waals surface area (Å²) in [5.74, 6) is 1.50. The number of carbonyl (C=O) groups excluding carboxylic acids is 1. The molecule has 1 saturated heterocycles. The molecule has 0 radical (unpaired) electrons. The van der Waals surface area contributed by atoms with E-state index in [1.54, 1.807) is 0 Å². The summed E-state index contributed by atoms with van der Waals surface area (Å²) >= 11 is 0. The van der Waals surface area contributed by atoms with Gasteiger partial charge in [-0.25, -0.2) is 4.79 Å². The van der Waals surface area contributed by atoms with Crippen LogP contribution in [0.25, 0.3) is 0 Å². The van der Waals surface area contributed by atoms with Crippen LogP contribution in [0, 0.1) is 5.92 Å². The second-order valence-corrected chi connectivity index (χ2v) is 9.05. The standard InChI is InChI=1S/C23H34N2O3/c26-22(24-19-8-5-11-21(16-19)28-20-9-3-4-10-20)25-14-12-23(27,13-15-25)17-18-6-1-2-7-18/h5,8,11,16,18,20,27H,1-4,6-7,9-10,12-15,17H2,(H,24,26). The molecule has 3 aliphatic rings. The van der Waals surface area contributed by atoms with Crippen molar-refractivity contribution in [2.45, 2.75) is 82.3 Å². The maximum absolute atomic E-state index is 12.7.